The molecule has 94 valence electrons. The lowest BCUT2D eigenvalue weighted by Gasteiger charge is -2.11. The number of halogens is 1. The van der Waals surface area contributed by atoms with Gasteiger partial charge in [0.05, 0.1) is 0 Å². The van der Waals surface area contributed by atoms with Gasteiger partial charge < -0.3 is 10.5 Å². The highest BCUT2D eigenvalue weighted by Crippen LogP contribution is 2.25. The second kappa shape index (κ2) is 6.20. The number of benzene rings is 2. The van der Waals surface area contributed by atoms with Gasteiger partial charge in [-0.25, -0.2) is 0 Å². The normalized spacial score (nSPS) is 12.2. The van der Waals surface area contributed by atoms with E-state index in [1.54, 1.807) is 0 Å². The number of nitrogens with two attached hydrogens (primary N) is 1. The summed E-state index contributed by atoms with van der Waals surface area (Å²) in [6, 6.07) is 16.0. The maximum absolute atomic E-state index is 6.02. The Labute approximate surface area is 121 Å². The van der Waals surface area contributed by atoms with E-state index in [2.05, 4.69) is 29.5 Å². The Morgan fingerprint density at radius 2 is 1.83 bits per heavy atom. The largest absolute Gasteiger partial charge is 0.457 e. The van der Waals surface area contributed by atoms with Crippen molar-refractivity contribution >= 4 is 22.6 Å². The van der Waals surface area contributed by atoms with Gasteiger partial charge in [-0.1, -0.05) is 19.1 Å². The van der Waals surface area contributed by atoms with Gasteiger partial charge in [0.25, 0.3) is 0 Å². The van der Waals surface area contributed by atoms with E-state index in [4.69, 9.17) is 10.5 Å². The van der Waals surface area contributed by atoms with Gasteiger partial charge in [-0.15, -0.1) is 0 Å². The smallest absolute Gasteiger partial charge is 0.127 e. The molecule has 1 atom stereocenters. The number of ether oxygens (including phenoxy) is 1. The molecular formula is C15H16INO. The van der Waals surface area contributed by atoms with Crippen LogP contribution < -0.4 is 10.5 Å². The van der Waals surface area contributed by atoms with E-state index in [-0.39, 0.29) is 6.04 Å². The Morgan fingerprint density at radius 3 is 2.50 bits per heavy atom. The van der Waals surface area contributed by atoms with Gasteiger partial charge in [0.15, 0.2) is 0 Å². The molecule has 2 aromatic carbocycles. The molecule has 1 unspecified atom stereocenters. The van der Waals surface area contributed by atoms with E-state index in [0.29, 0.717) is 0 Å². The summed E-state index contributed by atoms with van der Waals surface area (Å²) in [4.78, 5) is 0. The fourth-order valence-corrected chi connectivity index (χ4v) is 2.04. The van der Waals surface area contributed by atoms with Crippen LogP contribution >= 0.6 is 22.6 Å². The highest BCUT2D eigenvalue weighted by atomic mass is 127. The van der Waals surface area contributed by atoms with Gasteiger partial charge in [0.1, 0.15) is 11.5 Å². The molecule has 0 radical (unpaired) electrons. The molecule has 0 aromatic heterocycles. The van der Waals surface area contributed by atoms with E-state index in [1.807, 2.05) is 48.5 Å². The zero-order valence-corrected chi connectivity index (χ0v) is 12.4. The standard InChI is InChI=1S/C15H16INO/c1-2-15(17)11-4-3-5-14(10-11)18-13-8-6-12(16)7-9-13/h3-10,15H,2,17H2,1H3. The van der Waals surface area contributed by atoms with Crippen LogP contribution in [0, 0.1) is 3.57 Å². The zero-order chi connectivity index (χ0) is 13.0. The summed E-state index contributed by atoms with van der Waals surface area (Å²) >= 11 is 2.27. The topological polar surface area (TPSA) is 35.2 Å². The molecule has 0 aliphatic carbocycles. The van der Waals surface area contributed by atoms with E-state index >= 15 is 0 Å². The third-order valence-corrected chi connectivity index (χ3v) is 3.49. The van der Waals surface area contributed by atoms with Crippen LogP contribution in [0.15, 0.2) is 48.5 Å². The van der Waals surface area contributed by atoms with Crippen molar-refractivity contribution in [3.63, 3.8) is 0 Å². The van der Waals surface area contributed by atoms with Crippen molar-refractivity contribution in [2.45, 2.75) is 19.4 Å². The molecule has 0 aliphatic heterocycles. The predicted molar refractivity (Wildman–Crippen MR) is 82.9 cm³/mol. The van der Waals surface area contributed by atoms with Crippen LogP contribution in [-0.2, 0) is 0 Å². The average Bonchev–Trinajstić information content (AvgIpc) is 2.41. The molecule has 0 amide bonds. The Balaban J connectivity index is 2.16. The van der Waals surface area contributed by atoms with Gasteiger partial charge in [-0.05, 0) is 71.0 Å². The molecule has 2 aromatic rings. The van der Waals surface area contributed by atoms with Gasteiger partial charge in [-0.2, -0.15) is 0 Å². The third-order valence-electron chi connectivity index (χ3n) is 2.78. The van der Waals surface area contributed by atoms with Crippen molar-refractivity contribution < 1.29 is 4.74 Å². The van der Waals surface area contributed by atoms with Crippen molar-refractivity contribution in [3.8, 4) is 11.5 Å². The maximum atomic E-state index is 6.02. The van der Waals surface area contributed by atoms with E-state index in [0.717, 1.165) is 23.5 Å². The molecule has 0 saturated heterocycles. The van der Waals surface area contributed by atoms with Crippen molar-refractivity contribution in [1.29, 1.82) is 0 Å². The summed E-state index contributed by atoms with van der Waals surface area (Å²) in [7, 11) is 0. The summed E-state index contributed by atoms with van der Waals surface area (Å²) in [6.45, 7) is 2.08. The van der Waals surface area contributed by atoms with E-state index in [1.165, 1.54) is 3.57 Å². The zero-order valence-electron chi connectivity index (χ0n) is 10.3. The lowest BCUT2D eigenvalue weighted by molar-refractivity contribution is 0.481. The molecule has 0 saturated carbocycles. The molecular weight excluding hydrogens is 337 g/mol. The Morgan fingerprint density at radius 1 is 1.11 bits per heavy atom. The molecule has 0 heterocycles. The predicted octanol–water partition coefficient (Wildman–Crippen LogP) is 4.49. The molecule has 0 spiro atoms. The Bertz CT molecular complexity index is 510. The molecule has 2 rings (SSSR count). The van der Waals surface area contributed by atoms with E-state index in [9.17, 15) is 0 Å². The summed E-state index contributed by atoms with van der Waals surface area (Å²) in [6.07, 6.45) is 0.924. The molecule has 2 nitrogen and oxygen atoms in total. The molecule has 0 fully saturated rings. The van der Waals surface area contributed by atoms with Crippen LogP contribution in [0.5, 0.6) is 11.5 Å². The third kappa shape index (κ3) is 3.46. The minimum Gasteiger partial charge on any atom is -0.457 e. The van der Waals surface area contributed by atoms with Crippen molar-refractivity contribution in [2.75, 3.05) is 0 Å². The van der Waals surface area contributed by atoms with Crippen LogP contribution in [0.3, 0.4) is 0 Å². The van der Waals surface area contributed by atoms with Gasteiger partial charge in [-0.3, -0.25) is 0 Å². The van der Waals surface area contributed by atoms with Crippen LogP contribution in [0.1, 0.15) is 24.9 Å². The molecule has 3 heteroatoms. The lowest BCUT2D eigenvalue weighted by atomic mass is 10.1. The minimum atomic E-state index is 0.0743. The number of hydrogen-bond donors (Lipinski definition) is 1. The van der Waals surface area contributed by atoms with Crippen LogP contribution in [0.4, 0.5) is 0 Å². The highest BCUT2D eigenvalue weighted by Gasteiger charge is 2.05. The fourth-order valence-electron chi connectivity index (χ4n) is 1.68. The fraction of sp³-hybridized carbons (Fsp3) is 0.200. The Kier molecular flexibility index (Phi) is 4.60. The minimum absolute atomic E-state index is 0.0743. The summed E-state index contributed by atoms with van der Waals surface area (Å²) in [5, 5.41) is 0. The lowest BCUT2D eigenvalue weighted by Crippen LogP contribution is -2.08. The summed E-state index contributed by atoms with van der Waals surface area (Å²) in [5.74, 6) is 1.68. The first-order valence-corrected chi connectivity index (χ1v) is 7.06. The molecule has 2 N–H and O–H groups in total. The van der Waals surface area contributed by atoms with Crippen molar-refractivity contribution in [3.05, 3.63) is 57.7 Å². The average molecular weight is 353 g/mol. The summed E-state index contributed by atoms with van der Waals surface area (Å²) < 4.78 is 7.01. The second-order valence-corrected chi connectivity index (χ2v) is 5.39. The SMILES string of the molecule is CCC(N)c1cccc(Oc2ccc(I)cc2)c1. The van der Waals surface area contributed by atoms with Crippen LogP contribution in [-0.4, -0.2) is 0 Å². The second-order valence-electron chi connectivity index (χ2n) is 4.14. The first kappa shape index (κ1) is 13.4. The van der Waals surface area contributed by atoms with Gasteiger partial charge >= 0.3 is 0 Å². The monoisotopic (exact) mass is 353 g/mol. The van der Waals surface area contributed by atoms with Crippen molar-refractivity contribution in [1.82, 2.24) is 0 Å². The van der Waals surface area contributed by atoms with Gasteiger partial charge in [0.2, 0.25) is 0 Å². The molecule has 18 heavy (non-hydrogen) atoms. The Hall–Kier alpha value is -1.07. The van der Waals surface area contributed by atoms with E-state index < -0.39 is 0 Å². The summed E-state index contributed by atoms with van der Waals surface area (Å²) in [5.41, 5.74) is 7.13. The van der Waals surface area contributed by atoms with Crippen LogP contribution in [0.25, 0.3) is 0 Å². The first-order valence-electron chi connectivity index (χ1n) is 5.98. The molecule has 0 aliphatic rings. The molecule has 0 bridgehead atoms. The quantitative estimate of drug-likeness (QED) is 0.822. The number of rotatable bonds is 4. The van der Waals surface area contributed by atoms with Crippen molar-refractivity contribution in [2.24, 2.45) is 5.73 Å². The van der Waals surface area contributed by atoms with Crippen LogP contribution in [0.2, 0.25) is 0 Å². The number of hydrogen-bond acceptors (Lipinski definition) is 2. The van der Waals surface area contributed by atoms with Gasteiger partial charge in [0, 0.05) is 9.61 Å². The highest BCUT2D eigenvalue weighted by molar-refractivity contribution is 14.1. The maximum Gasteiger partial charge on any atom is 0.127 e. The first-order chi connectivity index (χ1) is 8.69.